The molecule has 0 unspecified atom stereocenters. The highest BCUT2D eigenvalue weighted by atomic mass is 16.1. The largest absolute Gasteiger partial charge is 0.347 e. The third-order valence-corrected chi connectivity index (χ3v) is 2.68. The van der Waals surface area contributed by atoms with Gasteiger partial charge in [-0.05, 0) is 30.7 Å². The molecule has 0 spiro atoms. The van der Waals surface area contributed by atoms with E-state index in [1.807, 2.05) is 18.2 Å². The number of carbonyl (C=O) groups excluding carboxylic acids is 1. The van der Waals surface area contributed by atoms with E-state index in [0.717, 1.165) is 23.8 Å². The summed E-state index contributed by atoms with van der Waals surface area (Å²) in [5.41, 5.74) is 1.96. The zero-order chi connectivity index (χ0) is 10.7. The maximum atomic E-state index is 10.6. The van der Waals surface area contributed by atoms with E-state index < -0.39 is 0 Å². The van der Waals surface area contributed by atoms with Crippen molar-refractivity contribution in [3.8, 4) is 0 Å². The predicted molar refractivity (Wildman–Crippen MR) is 62.2 cm³/mol. The Bertz CT molecular complexity index is 470. The summed E-state index contributed by atoms with van der Waals surface area (Å²) in [6.45, 7) is 3.25. The number of aromatic nitrogens is 1. The zero-order valence-electron chi connectivity index (χ0n) is 8.94. The van der Waals surface area contributed by atoms with Crippen LogP contribution in [0.1, 0.15) is 30.1 Å². The number of fused-ring (bicyclic) bond motifs is 1. The number of hydrogen-bond donors (Lipinski definition) is 0. The first-order valence-electron chi connectivity index (χ1n) is 5.39. The molecule has 2 heteroatoms. The molecule has 2 aromatic rings. The summed E-state index contributed by atoms with van der Waals surface area (Å²) in [4.78, 5) is 10.6. The van der Waals surface area contributed by atoms with Crippen LogP contribution in [-0.2, 0) is 6.54 Å². The van der Waals surface area contributed by atoms with E-state index in [-0.39, 0.29) is 0 Å². The molecule has 0 atom stereocenters. The summed E-state index contributed by atoms with van der Waals surface area (Å²) >= 11 is 0. The van der Waals surface area contributed by atoms with Gasteiger partial charge in [-0.3, -0.25) is 4.79 Å². The lowest BCUT2D eigenvalue weighted by Crippen LogP contribution is -1.94. The molecule has 0 bridgehead atoms. The van der Waals surface area contributed by atoms with Crippen LogP contribution in [0.25, 0.3) is 10.9 Å². The van der Waals surface area contributed by atoms with Crippen LogP contribution in [0.3, 0.4) is 0 Å². The Hall–Kier alpha value is -1.57. The number of unbranched alkanes of at least 4 members (excludes halogenated alkanes) is 1. The van der Waals surface area contributed by atoms with Crippen molar-refractivity contribution < 1.29 is 4.79 Å². The summed E-state index contributed by atoms with van der Waals surface area (Å²) in [5.74, 6) is 0. The summed E-state index contributed by atoms with van der Waals surface area (Å²) < 4.78 is 2.24. The van der Waals surface area contributed by atoms with E-state index >= 15 is 0 Å². The van der Waals surface area contributed by atoms with Crippen molar-refractivity contribution in [1.82, 2.24) is 4.57 Å². The van der Waals surface area contributed by atoms with Gasteiger partial charge < -0.3 is 4.57 Å². The van der Waals surface area contributed by atoms with Crippen LogP contribution in [0.2, 0.25) is 0 Å². The van der Waals surface area contributed by atoms with Crippen molar-refractivity contribution in [1.29, 1.82) is 0 Å². The maximum Gasteiger partial charge on any atom is 0.150 e. The predicted octanol–water partition coefficient (Wildman–Crippen LogP) is 3.25. The molecule has 1 aromatic heterocycles. The Morgan fingerprint density at radius 2 is 2.20 bits per heavy atom. The van der Waals surface area contributed by atoms with Crippen LogP contribution in [0.15, 0.2) is 30.5 Å². The molecule has 2 rings (SSSR count). The molecular weight excluding hydrogens is 186 g/mol. The highest BCUT2D eigenvalue weighted by Gasteiger charge is 2.00. The molecule has 0 radical (unpaired) electrons. The van der Waals surface area contributed by atoms with Gasteiger partial charge in [0, 0.05) is 29.2 Å². The van der Waals surface area contributed by atoms with Gasteiger partial charge in [0.1, 0.15) is 6.29 Å². The summed E-state index contributed by atoms with van der Waals surface area (Å²) in [6, 6.07) is 7.90. The normalized spacial score (nSPS) is 10.7. The minimum absolute atomic E-state index is 0.746. The molecule has 0 N–H and O–H groups in total. The highest BCUT2D eigenvalue weighted by Crippen LogP contribution is 2.17. The van der Waals surface area contributed by atoms with Crippen molar-refractivity contribution >= 4 is 17.2 Å². The van der Waals surface area contributed by atoms with Crippen LogP contribution in [0, 0.1) is 0 Å². The van der Waals surface area contributed by atoms with Gasteiger partial charge in [-0.2, -0.15) is 0 Å². The lowest BCUT2D eigenvalue weighted by atomic mass is 10.2. The average Bonchev–Trinajstić information content (AvgIpc) is 2.68. The van der Waals surface area contributed by atoms with Gasteiger partial charge in [0.05, 0.1) is 0 Å². The molecule has 0 aliphatic rings. The van der Waals surface area contributed by atoms with Crippen LogP contribution in [0.4, 0.5) is 0 Å². The summed E-state index contributed by atoms with van der Waals surface area (Å²) in [5, 5.41) is 1.15. The smallest absolute Gasteiger partial charge is 0.150 e. The van der Waals surface area contributed by atoms with Crippen LogP contribution in [-0.4, -0.2) is 10.9 Å². The minimum atomic E-state index is 0.746. The zero-order valence-corrected chi connectivity index (χ0v) is 8.94. The van der Waals surface area contributed by atoms with Crippen molar-refractivity contribution in [2.75, 3.05) is 0 Å². The molecule has 78 valence electrons. The molecular formula is C13H15NO. The average molecular weight is 201 g/mol. The summed E-state index contributed by atoms with van der Waals surface area (Å²) in [7, 11) is 0. The molecule has 0 amide bonds. The second-order valence-corrected chi connectivity index (χ2v) is 3.80. The van der Waals surface area contributed by atoms with Crippen molar-refractivity contribution in [2.45, 2.75) is 26.3 Å². The minimum Gasteiger partial charge on any atom is -0.347 e. The monoisotopic (exact) mass is 201 g/mol. The van der Waals surface area contributed by atoms with Gasteiger partial charge in [0.2, 0.25) is 0 Å². The van der Waals surface area contributed by atoms with E-state index in [9.17, 15) is 4.79 Å². The lowest BCUT2D eigenvalue weighted by molar-refractivity contribution is 0.112. The van der Waals surface area contributed by atoms with Gasteiger partial charge >= 0.3 is 0 Å². The van der Waals surface area contributed by atoms with E-state index in [2.05, 4.69) is 23.8 Å². The standard InChI is InChI=1S/C13H15NO/c1-2-3-7-14-8-6-12-9-11(10-15)4-5-13(12)14/h4-6,8-10H,2-3,7H2,1H3. The molecule has 0 aliphatic carbocycles. The Morgan fingerprint density at radius 1 is 1.33 bits per heavy atom. The third-order valence-electron chi connectivity index (χ3n) is 2.68. The van der Waals surface area contributed by atoms with E-state index in [0.29, 0.717) is 0 Å². The van der Waals surface area contributed by atoms with E-state index in [1.165, 1.54) is 18.4 Å². The Kier molecular flexibility index (Phi) is 2.86. The van der Waals surface area contributed by atoms with Crippen LogP contribution in [0.5, 0.6) is 0 Å². The van der Waals surface area contributed by atoms with Crippen LogP contribution >= 0.6 is 0 Å². The third kappa shape index (κ3) is 1.94. The molecule has 0 aliphatic heterocycles. The van der Waals surface area contributed by atoms with E-state index in [1.54, 1.807) is 0 Å². The Morgan fingerprint density at radius 3 is 2.93 bits per heavy atom. The number of aldehydes is 1. The first-order chi connectivity index (χ1) is 7.35. The van der Waals surface area contributed by atoms with Gasteiger partial charge in [0.15, 0.2) is 0 Å². The maximum absolute atomic E-state index is 10.6. The fraction of sp³-hybridized carbons (Fsp3) is 0.308. The first kappa shape index (κ1) is 9.97. The number of hydrogen-bond acceptors (Lipinski definition) is 1. The SMILES string of the molecule is CCCCn1ccc2cc(C=O)ccc21. The first-order valence-corrected chi connectivity index (χ1v) is 5.39. The highest BCUT2D eigenvalue weighted by molar-refractivity contribution is 5.87. The van der Waals surface area contributed by atoms with Crippen LogP contribution < -0.4 is 0 Å². The molecule has 1 aromatic carbocycles. The topological polar surface area (TPSA) is 22.0 Å². The summed E-state index contributed by atoms with van der Waals surface area (Å²) in [6.07, 6.45) is 5.38. The Labute approximate surface area is 89.5 Å². The van der Waals surface area contributed by atoms with Crippen molar-refractivity contribution in [2.24, 2.45) is 0 Å². The van der Waals surface area contributed by atoms with Crippen molar-refractivity contribution in [3.05, 3.63) is 36.0 Å². The number of rotatable bonds is 4. The second kappa shape index (κ2) is 4.30. The number of nitrogens with zero attached hydrogens (tertiary/aromatic N) is 1. The quantitative estimate of drug-likeness (QED) is 0.696. The molecule has 15 heavy (non-hydrogen) atoms. The van der Waals surface area contributed by atoms with Gasteiger partial charge in [-0.1, -0.05) is 13.3 Å². The molecule has 0 saturated carbocycles. The lowest BCUT2D eigenvalue weighted by Gasteiger charge is -2.03. The fourth-order valence-electron chi connectivity index (χ4n) is 1.82. The fourth-order valence-corrected chi connectivity index (χ4v) is 1.82. The number of carbonyl (C=O) groups is 1. The van der Waals surface area contributed by atoms with E-state index in [4.69, 9.17) is 0 Å². The van der Waals surface area contributed by atoms with Gasteiger partial charge in [-0.15, -0.1) is 0 Å². The van der Waals surface area contributed by atoms with Crippen molar-refractivity contribution in [3.63, 3.8) is 0 Å². The molecule has 2 nitrogen and oxygen atoms in total. The second-order valence-electron chi connectivity index (χ2n) is 3.80. The van der Waals surface area contributed by atoms with Gasteiger partial charge in [-0.25, -0.2) is 0 Å². The number of aryl methyl sites for hydroxylation is 1. The molecule has 1 heterocycles. The Balaban J connectivity index is 2.38. The molecule has 0 fully saturated rings. The number of benzene rings is 1. The van der Waals surface area contributed by atoms with Gasteiger partial charge in [0.25, 0.3) is 0 Å². The molecule has 0 saturated heterocycles.